The molecular formula is C32H43N5O7. The van der Waals surface area contributed by atoms with Gasteiger partial charge < -0.3 is 30.1 Å². The molecule has 2 aliphatic heterocycles. The van der Waals surface area contributed by atoms with Crippen molar-refractivity contribution in [3.8, 4) is 6.01 Å². The smallest absolute Gasteiger partial charge is 0.408 e. The third-order valence-electron chi connectivity index (χ3n) is 8.52. The minimum Gasteiger partial charge on any atom is -0.479 e. The lowest BCUT2D eigenvalue weighted by molar-refractivity contribution is -0.145. The molecule has 0 unspecified atom stereocenters. The van der Waals surface area contributed by atoms with Crippen LogP contribution in [0.1, 0.15) is 72.6 Å². The van der Waals surface area contributed by atoms with E-state index < -0.39 is 53.2 Å². The van der Waals surface area contributed by atoms with Gasteiger partial charge in [-0.05, 0) is 65.5 Å². The number of fused-ring (bicyclic) bond motifs is 3. The van der Waals surface area contributed by atoms with E-state index >= 15 is 0 Å². The number of para-hydroxylation sites is 2. The number of alkyl carbamates (subject to hydrolysis) is 1. The zero-order valence-electron chi connectivity index (χ0n) is 25.9. The number of amides is 3. The van der Waals surface area contributed by atoms with Crippen LogP contribution in [0.25, 0.3) is 11.0 Å². The molecule has 3 amide bonds. The van der Waals surface area contributed by atoms with E-state index in [0.29, 0.717) is 25.4 Å². The maximum atomic E-state index is 14.1. The molecule has 2 fully saturated rings. The number of carboxylic acid groups (broad SMARTS) is 1. The van der Waals surface area contributed by atoms with Gasteiger partial charge in [-0.25, -0.2) is 9.59 Å². The first-order chi connectivity index (χ1) is 20.9. The number of imidazole rings is 1. The Morgan fingerprint density at radius 1 is 1.18 bits per heavy atom. The van der Waals surface area contributed by atoms with Gasteiger partial charge in [-0.15, -0.1) is 0 Å². The van der Waals surface area contributed by atoms with Gasteiger partial charge in [0.05, 0.1) is 17.6 Å². The van der Waals surface area contributed by atoms with Gasteiger partial charge >= 0.3 is 12.1 Å². The number of nitrogens with zero attached hydrogens (tertiary/aromatic N) is 3. The molecule has 12 heteroatoms. The Morgan fingerprint density at radius 2 is 1.95 bits per heavy atom. The molecule has 44 heavy (non-hydrogen) atoms. The van der Waals surface area contributed by atoms with Crippen molar-refractivity contribution >= 4 is 34.9 Å². The molecule has 0 radical (unpaired) electrons. The van der Waals surface area contributed by atoms with Crippen LogP contribution in [0.4, 0.5) is 4.79 Å². The SMILES string of the molecule is CCn1c(O[C@@H]2C[C@H]3C(=O)N[C@]4(C(=O)O)C[C@@H]4/C=C\CCCCC[C@H](NC(=O)OC(C)(C)C)C(=O)N3C2)nc2ccccc21. The van der Waals surface area contributed by atoms with Crippen LogP contribution in [0.3, 0.4) is 0 Å². The predicted octanol–water partition coefficient (Wildman–Crippen LogP) is 3.78. The van der Waals surface area contributed by atoms with Crippen LogP contribution in [-0.4, -0.2) is 79.3 Å². The fourth-order valence-corrected chi connectivity index (χ4v) is 6.19. The molecule has 1 saturated carbocycles. The first-order valence-electron chi connectivity index (χ1n) is 15.6. The van der Waals surface area contributed by atoms with E-state index in [1.165, 1.54) is 4.90 Å². The van der Waals surface area contributed by atoms with E-state index in [0.717, 1.165) is 30.3 Å². The summed E-state index contributed by atoms with van der Waals surface area (Å²) < 4.78 is 13.7. The number of carbonyl (C=O) groups is 4. The number of benzene rings is 1. The standard InChI is InChI=1S/C32H43N5O7/c1-5-36-24-16-12-11-14-22(24)33-29(36)43-21-17-25-26(38)35-32(28(40)41)18-20(32)13-9-7-6-8-10-15-23(27(39)37(25)19-21)34-30(42)44-31(2,3)4/h9,11-14,16,20-21,23,25H,5-8,10,15,17-19H2,1-4H3,(H,34,42)(H,35,38)(H,40,41)/b13-9-/t20-,21+,23-,25-,32+/m0/s1. The number of allylic oxidation sites excluding steroid dienone is 1. The maximum absolute atomic E-state index is 14.1. The van der Waals surface area contributed by atoms with Gasteiger partial charge in [-0.3, -0.25) is 14.2 Å². The molecule has 1 aliphatic carbocycles. The van der Waals surface area contributed by atoms with Crippen molar-refractivity contribution in [2.24, 2.45) is 5.92 Å². The Bertz CT molecular complexity index is 1450. The highest BCUT2D eigenvalue weighted by Crippen LogP contribution is 2.45. The summed E-state index contributed by atoms with van der Waals surface area (Å²) in [5, 5.41) is 15.6. The second kappa shape index (κ2) is 12.5. The molecule has 5 rings (SSSR count). The molecular weight excluding hydrogens is 566 g/mol. The number of hydrogen-bond acceptors (Lipinski definition) is 7. The molecule has 3 N–H and O–H groups in total. The first kappa shape index (κ1) is 31.3. The van der Waals surface area contributed by atoms with Crippen LogP contribution < -0.4 is 15.4 Å². The number of carbonyl (C=O) groups excluding carboxylic acids is 3. The van der Waals surface area contributed by atoms with Gasteiger partial charge in [0, 0.05) is 18.9 Å². The number of ether oxygens (including phenoxy) is 2. The van der Waals surface area contributed by atoms with Crippen molar-refractivity contribution < 1.29 is 33.8 Å². The number of aromatic nitrogens is 2. The molecule has 5 atom stereocenters. The fraction of sp³-hybridized carbons (Fsp3) is 0.594. The van der Waals surface area contributed by atoms with E-state index in [1.807, 2.05) is 47.9 Å². The third-order valence-corrected chi connectivity index (χ3v) is 8.52. The average Bonchev–Trinajstić information content (AvgIpc) is 3.30. The van der Waals surface area contributed by atoms with Crippen molar-refractivity contribution in [2.45, 2.75) is 109 Å². The summed E-state index contributed by atoms with van der Waals surface area (Å²) in [6.45, 7) is 7.89. The van der Waals surface area contributed by atoms with Crippen LogP contribution in [0.15, 0.2) is 36.4 Å². The highest BCUT2D eigenvalue weighted by atomic mass is 16.6. The van der Waals surface area contributed by atoms with Crippen LogP contribution in [0.2, 0.25) is 0 Å². The summed E-state index contributed by atoms with van der Waals surface area (Å²) in [7, 11) is 0. The van der Waals surface area contributed by atoms with E-state index in [4.69, 9.17) is 9.47 Å². The highest BCUT2D eigenvalue weighted by molar-refractivity contribution is 5.96. The summed E-state index contributed by atoms with van der Waals surface area (Å²) in [4.78, 5) is 59.2. The minimum atomic E-state index is -1.41. The molecule has 1 aromatic heterocycles. The van der Waals surface area contributed by atoms with E-state index in [-0.39, 0.29) is 25.3 Å². The molecule has 1 saturated heterocycles. The Hall–Kier alpha value is -4.09. The lowest BCUT2D eigenvalue weighted by Crippen LogP contribution is -2.56. The zero-order chi connectivity index (χ0) is 31.6. The quantitative estimate of drug-likeness (QED) is 0.433. The molecule has 2 aromatic rings. The molecule has 0 bridgehead atoms. The van der Waals surface area contributed by atoms with Crippen LogP contribution in [-0.2, 0) is 25.7 Å². The first-order valence-corrected chi connectivity index (χ1v) is 15.6. The van der Waals surface area contributed by atoms with Crippen molar-refractivity contribution in [3.05, 3.63) is 36.4 Å². The maximum Gasteiger partial charge on any atom is 0.408 e. The Labute approximate surface area is 257 Å². The lowest BCUT2D eigenvalue weighted by atomic mass is 10.0. The summed E-state index contributed by atoms with van der Waals surface area (Å²) in [6.07, 6.45) is 6.43. The van der Waals surface area contributed by atoms with Gasteiger partial charge in [-0.1, -0.05) is 37.1 Å². The van der Waals surface area contributed by atoms with Crippen LogP contribution in [0, 0.1) is 5.92 Å². The number of nitrogens with one attached hydrogen (secondary N) is 2. The van der Waals surface area contributed by atoms with E-state index in [1.54, 1.807) is 20.8 Å². The second-order valence-electron chi connectivity index (χ2n) is 13.0. The summed E-state index contributed by atoms with van der Waals surface area (Å²) >= 11 is 0. The van der Waals surface area contributed by atoms with Gasteiger partial charge in [0.15, 0.2) is 0 Å². The monoisotopic (exact) mass is 609 g/mol. The lowest BCUT2D eigenvalue weighted by Gasteiger charge is -2.30. The Balaban J connectivity index is 1.44. The predicted molar refractivity (Wildman–Crippen MR) is 162 cm³/mol. The molecule has 0 spiro atoms. The molecule has 12 nitrogen and oxygen atoms in total. The number of carboxylic acids is 1. The van der Waals surface area contributed by atoms with Crippen molar-refractivity contribution in [3.63, 3.8) is 0 Å². The largest absolute Gasteiger partial charge is 0.479 e. The number of hydrogen-bond donors (Lipinski definition) is 3. The van der Waals surface area contributed by atoms with Crippen LogP contribution >= 0.6 is 0 Å². The zero-order valence-corrected chi connectivity index (χ0v) is 25.9. The fourth-order valence-electron chi connectivity index (χ4n) is 6.19. The normalized spacial score (nSPS) is 28.6. The number of aliphatic carboxylic acids is 1. The minimum absolute atomic E-state index is 0.0692. The Morgan fingerprint density at radius 3 is 2.68 bits per heavy atom. The summed E-state index contributed by atoms with van der Waals surface area (Å²) in [6, 6.07) is 6.11. The Kier molecular flexibility index (Phi) is 8.90. The van der Waals surface area contributed by atoms with Crippen molar-refractivity contribution in [1.82, 2.24) is 25.1 Å². The van der Waals surface area contributed by atoms with Gasteiger partial charge in [0.1, 0.15) is 29.3 Å². The number of rotatable bonds is 5. The average molecular weight is 610 g/mol. The second-order valence-corrected chi connectivity index (χ2v) is 13.0. The molecule has 1 aromatic carbocycles. The van der Waals surface area contributed by atoms with Gasteiger partial charge in [-0.2, -0.15) is 4.98 Å². The van der Waals surface area contributed by atoms with Crippen molar-refractivity contribution in [1.29, 1.82) is 0 Å². The summed E-state index contributed by atoms with van der Waals surface area (Å²) in [5.74, 6) is -2.42. The number of aryl methyl sites for hydroxylation is 1. The summed E-state index contributed by atoms with van der Waals surface area (Å²) in [5.41, 5.74) is -0.495. The van der Waals surface area contributed by atoms with Crippen molar-refractivity contribution in [2.75, 3.05) is 6.54 Å². The van der Waals surface area contributed by atoms with Gasteiger partial charge in [0.2, 0.25) is 11.8 Å². The molecule has 3 heterocycles. The molecule has 238 valence electrons. The molecule has 3 aliphatic rings. The highest BCUT2D eigenvalue weighted by Gasteiger charge is 2.61. The van der Waals surface area contributed by atoms with Crippen LogP contribution in [0.5, 0.6) is 6.01 Å². The topological polar surface area (TPSA) is 152 Å². The van der Waals surface area contributed by atoms with E-state index in [9.17, 15) is 24.3 Å². The van der Waals surface area contributed by atoms with Gasteiger partial charge in [0.25, 0.3) is 6.01 Å². The third kappa shape index (κ3) is 6.68. The van der Waals surface area contributed by atoms with E-state index in [2.05, 4.69) is 15.6 Å².